The molecule has 0 saturated heterocycles. The van der Waals surface area contributed by atoms with Gasteiger partial charge in [0, 0.05) is 24.7 Å². The molecule has 1 unspecified atom stereocenters. The summed E-state index contributed by atoms with van der Waals surface area (Å²) in [6, 6.07) is 9.43. The third-order valence-electron chi connectivity index (χ3n) is 3.32. The highest BCUT2D eigenvalue weighted by molar-refractivity contribution is 9.11. The van der Waals surface area contributed by atoms with Crippen LogP contribution >= 0.6 is 47.8 Å². The van der Waals surface area contributed by atoms with Crippen LogP contribution in [0, 0.1) is 6.92 Å². The zero-order valence-electron chi connectivity index (χ0n) is 11.0. The largest absolute Gasteiger partial charge is 0.368 e. The molecular weight excluding hydrogens is 464 g/mol. The molecule has 108 valence electrons. The van der Waals surface area contributed by atoms with E-state index in [1.807, 2.05) is 37.3 Å². The molecule has 1 aliphatic rings. The molecule has 0 saturated carbocycles. The average molecular weight is 475 g/mol. The first-order chi connectivity index (χ1) is 9.95. The Kier molecular flexibility index (Phi) is 4.12. The molecule has 0 fully saturated rings. The van der Waals surface area contributed by atoms with Crippen molar-refractivity contribution in [2.24, 2.45) is 0 Å². The van der Waals surface area contributed by atoms with Gasteiger partial charge in [-0.2, -0.15) is 0 Å². The molecule has 6 heteroatoms. The Morgan fingerprint density at radius 3 is 2.43 bits per heavy atom. The number of anilines is 2. The van der Waals surface area contributed by atoms with Gasteiger partial charge in [-0.25, -0.2) is 0 Å². The molecule has 0 bridgehead atoms. The van der Waals surface area contributed by atoms with Crippen LogP contribution < -0.4 is 10.6 Å². The molecule has 0 spiro atoms. The summed E-state index contributed by atoms with van der Waals surface area (Å²) < 4.78 is 2.79. The van der Waals surface area contributed by atoms with Crippen molar-refractivity contribution < 1.29 is 4.79 Å². The molecule has 2 aromatic carbocycles. The maximum atomic E-state index is 12.2. The number of nitrogens with one attached hydrogen (secondary N) is 2. The zero-order chi connectivity index (χ0) is 15.1. The molecule has 2 aromatic rings. The Hall–Kier alpha value is -0.850. The summed E-state index contributed by atoms with van der Waals surface area (Å²) in [5, 5.41) is 6.21. The minimum Gasteiger partial charge on any atom is -0.368 e. The van der Waals surface area contributed by atoms with Crippen LogP contribution in [-0.2, 0) is 4.79 Å². The number of fused-ring (bicyclic) bond motifs is 1. The number of halogens is 3. The fourth-order valence-electron chi connectivity index (χ4n) is 2.36. The average Bonchev–Trinajstić information content (AvgIpc) is 2.68. The molecule has 1 amide bonds. The first kappa shape index (κ1) is 15.1. The van der Waals surface area contributed by atoms with Gasteiger partial charge < -0.3 is 10.6 Å². The Morgan fingerprint density at radius 1 is 1.10 bits per heavy atom. The van der Waals surface area contributed by atoms with Gasteiger partial charge in [0.15, 0.2) is 0 Å². The van der Waals surface area contributed by atoms with Crippen molar-refractivity contribution in [2.75, 3.05) is 10.6 Å². The SMILES string of the molecule is Cc1cc(Br)c(NC2C(=O)Nc3cc(Br)ccc32)c(Br)c1. The summed E-state index contributed by atoms with van der Waals surface area (Å²) in [5.74, 6) is -0.0533. The maximum absolute atomic E-state index is 12.2. The quantitative estimate of drug-likeness (QED) is 0.613. The van der Waals surface area contributed by atoms with Gasteiger partial charge in [-0.15, -0.1) is 0 Å². The maximum Gasteiger partial charge on any atom is 0.251 e. The first-order valence-corrected chi connectivity index (χ1v) is 8.66. The number of rotatable bonds is 2. The van der Waals surface area contributed by atoms with Crippen LogP contribution in [0.2, 0.25) is 0 Å². The smallest absolute Gasteiger partial charge is 0.251 e. The van der Waals surface area contributed by atoms with Crippen molar-refractivity contribution in [3.05, 3.63) is 54.9 Å². The topological polar surface area (TPSA) is 41.1 Å². The molecule has 1 aliphatic heterocycles. The van der Waals surface area contributed by atoms with Crippen molar-refractivity contribution in [2.45, 2.75) is 13.0 Å². The van der Waals surface area contributed by atoms with Crippen LogP contribution in [-0.4, -0.2) is 5.91 Å². The summed E-state index contributed by atoms with van der Waals surface area (Å²) in [4.78, 5) is 12.2. The number of aryl methyl sites for hydroxylation is 1. The molecular formula is C15H11Br3N2O. The van der Waals surface area contributed by atoms with Crippen molar-refractivity contribution in [1.82, 2.24) is 0 Å². The molecule has 0 aliphatic carbocycles. The van der Waals surface area contributed by atoms with Crippen LogP contribution in [0.4, 0.5) is 11.4 Å². The lowest BCUT2D eigenvalue weighted by molar-refractivity contribution is -0.116. The third kappa shape index (κ3) is 2.89. The molecule has 3 nitrogen and oxygen atoms in total. The highest BCUT2D eigenvalue weighted by atomic mass is 79.9. The zero-order valence-corrected chi connectivity index (χ0v) is 15.8. The summed E-state index contributed by atoms with van der Waals surface area (Å²) >= 11 is 10.5. The van der Waals surface area contributed by atoms with Crippen molar-refractivity contribution in [3.63, 3.8) is 0 Å². The fraction of sp³-hybridized carbons (Fsp3) is 0.133. The number of hydrogen-bond acceptors (Lipinski definition) is 2. The second-order valence-electron chi connectivity index (χ2n) is 4.90. The van der Waals surface area contributed by atoms with Gasteiger partial charge >= 0.3 is 0 Å². The Bertz CT molecular complexity index is 723. The van der Waals surface area contributed by atoms with Gasteiger partial charge in [-0.3, -0.25) is 4.79 Å². The summed E-state index contributed by atoms with van der Waals surface area (Å²) in [6.45, 7) is 2.02. The first-order valence-electron chi connectivity index (χ1n) is 6.28. The number of carbonyl (C=O) groups is 1. The van der Waals surface area contributed by atoms with Gasteiger partial charge in [0.2, 0.25) is 0 Å². The monoisotopic (exact) mass is 472 g/mol. The van der Waals surface area contributed by atoms with Gasteiger partial charge in [0.05, 0.1) is 5.69 Å². The standard InChI is InChI=1S/C15H11Br3N2O/c1-7-4-10(17)14(11(18)5-7)20-13-9-3-2-8(16)6-12(9)19-15(13)21/h2-6,13,20H,1H3,(H,19,21). The predicted octanol–water partition coefficient (Wildman–Crippen LogP) is 5.39. The van der Waals surface area contributed by atoms with Crippen LogP contribution in [0.25, 0.3) is 0 Å². The molecule has 21 heavy (non-hydrogen) atoms. The number of benzene rings is 2. The second-order valence-corrected chi connectivity index (χ2v) is 7.53. The van der Waals surface area contributed by atoms with E-state index in [2.05, 4.69) is 58.4 Å². The van der Waals surface area contributed by atoms with E-state index in [1.165, 1.54) is 0 Å². The normalized spacial score (nSPS) is 16.6. The van der Waals surface area contributed by atoms with Crippen LogP contribution in [0.3, 0.4) is 0 Å². The van der Waals surface area contributed by atoms with Crippen LogP contribution in [0.15, 0.2) is 43.7 Å². The highest BCUT2D eigenvalue weighted by Gasteiger charge is 2.31. The Labute approximate surface area is 147 Å². The van der Waals surface area contributed by atoms with E-state index in [-0.39, 0.29) is 5.91 Å². The fourth-order valence-corrected chi connectivity index (χ4v) is 4.37. The molecule has 0 radical (unpaired) electrons. The van der Waals surface area contributed by atoms with E-state index < -0.39 is 6.04 Å². The summed E-state index contributed by atoms with van der Waals surface area (Å²) in [7, 11) is 0. The molecule has 1 atom stereocenters. The second kappa shape index (κ2) is 5.74. The minimum atomic E-state index is -0.400. The van der Waals surface area contributed by atoms with E-state index in [0.717, 1.165) is 35.9 Å². The number of amides is 1. The molecule has 2 N–H and O–H groups in total. The van der Waals surface area contributed by atoms with E-state index in [9.17, 15) is 4.79 Å². The van der Waals surface area contributed by atoms with Gasteiger partial charge in [-0.1, -0.05) is 22.0 Å². The van der Waals surface area contributed by atoms with Crippen molar-refractivity contribution in [3.8, 4) is 0 Å². The molecule has 3 rings (SSSR count). The van der Waals surface area contributed by atoms with Gasteiger partial charge in [-0.05, 0) is 68.6 Å². The van der Waals surface area contributed by atoms with Crippen molar-refractivity contribution in [1.29, 1.82) is 0 Å². The van der Waals surface area contributed by atoms with Gasteiger partial charge in [0.1, 0.15) is 6.04 Å². The highest BCUT2D eigenvalue weighted by Crippen LogP contribution is 2.39. The van der Waals surface area contributed by atoms with Gasteiger partial charge in [0.25, 0.3) is 5.91 Å². The summed E-state index contributed by atoms with van der Waals surface area (Å²) in [5.41, 5.74) is 3.80. The molecule has 0 aromatic heterocycles. The third-order valence-corrected chi connectivity index (χ3v) is 5.07. The number of hydrogen-bond donors (Lipinski definition) is 2. The lowest BCUT2D eigenvalue weighted by atomic mass is 10.1. The Balaban J connectivity index is 1.99. The lowest BCUT2D eigenvalue weighted by Crippen LogP contribution is -2.20. The van der Waals surface area contributed by atoms with E-state index in [4.69, 9.17) is 0 Å². The number of carbonyl (C=O) groups excluding carboxylic acids is 1. The lowest BCUT2D eigenvalue weighted by Gasteiger charge is -2.16. The van der Waals surface area contributed by atoms with Crippen molar-refractivity contribution >= 4 is 65.1 Å². The van der Waals surface area contributed by atoms with Crippen LogP contribution in [0.1, 0.15) is 17.2 Å². The minimum absolute atomic E-state index is 0.0533. The van der Waals surface area contributed by atoms with Crippen LogP contribution in [0.5, 0.6) is 0 Å². The van der Waals surface area contributed by atoms with E-state index in [0.29, 0.717) is 0 Å². The summed E-state index contributed by atoms with van der Waals surface area (Å²) in [6.07, 6.45) is 0. The molecule has 1 heterocycles. The predicted molar refractivity (Wildman–Crippen MR) is 95.7 cm³/mol. The van der Waals surface area contributed by atoms with E-state index in [1.54, 1.807) is 0 Å². The van der Waals surface area contributed by atoms with E-state index >= 15 is 0 Å². The Morgan fingerprint density at radius 2 is 1.76 bits per heavy atom.